The Kier molecular flexibility index (Phi) is 3.57. The molecule has 0 fully saturated rings. The molecule has 0 bridgehead atoms. The predicted molar refractivity (Wildman–Crippen MR) is 72.9 cm³/mol. The number of carboxylic acids is 1. The molecule has 2 rings (SSSR count). The van der Waals surface area contributed by atoms with Gasteiger partial charge >= 0.3 is 5.97 Å². The lowest BCUT2D eigenvalue weighted by atomic mass is 10.2. The fourth-order valence-electron chi connectivity index (χ4n) is 1.57. The van der Waals surface area contributed by atoms with E-state index in [-0.39, 0.29) is 16.9 Å². The van der Waals surface area contributed by atoms with Gasteiger partial charge in [0.25, 0.3) is 10.0 Å². The summed E-state index contributed by atoms with van der Waals surface area (Å²) in [5.74, 6) is -1.35. The average Bonchev–Trinajstić information content (AvgIpc) is 2.39. The fraction of sp³-hybridized carbons (Fsp3) is 0. The van der Waals surface area contributed by atoms with E-state index in [1.165, 1.54) is 24.5 Å². The number of hydrogen-bond acceptors (Lipinski definition) is 5. The Hall–Kier alpha value is -2.61. The van der Waals surface area contributed by atoms with Gasteiger partial charge in [-0.1, -0.05) is 0 Å². The Morgan fingerprint density at radius 3 is 2.65 bits per heavy atom. The molecule has 0 radical (unpaired) electrons. The number of nitrogen functional groups attached to an aromatic ring is 1. The van der Waals surface area contributed by atoms with Crippen LogP contribution < -0.4 is 10.5 Å². The van der Waals surface area contributed by atoms with Crippen LogP contribution in [0.5, 0.6) is 0 Å². The highest BCUT2D eigenvalue weighted by atomic mass is 32.2. The third-order valence-electron chi connectivity index (χ3n) is 2.44. The minimum Gasteiger partial charge on any atom is -0.478 e. The highest BCUT2D eigenvalue weighted by molar-refractivity contribution is 7.92. The zero-order valence-corrected chi connectivity index (χ0v) is 11.0. The first-order valence-corrected chi connectivity index (χ1v) is 6.94. The molecule has 0 saturated carbocycles. The quantitative estimate of drug-likeness (QED) is 0.727. The smallest absolute Gasteiger partial charge is 0.337 e. The Morgan fingerprint density at radius 1 is 1.30 bits per heavy atom. The molecule has 7 nitrogen and oxygen atoms in total. The number of carboxylic acid groups (broad SMARTS) is 1. The third-order valence-corrected chi connectivity index (χ3v) is 3.86. The van der Waals surface area contributed by atoms with Crippen LogP contribution in [0.3, 0.4) is 0 Å². The zero-order chi connectivity index (χ0) is 14.8. The molecule has 0 spiro atoms. The van der Waals surface area contributed by atoms with Crippen molar-refractivity contribution in [3.63, 3.8) is 0 Å². The summed E-state index contributed by atoms with van der Waals surface area (Å²) in [4.78, 5) is 14.5. The van der Waals surface area contributed by atoms with E-state index < -0.39 is 20.9 Å². The van der Waals surface area contributed by atoms with Gasteiger partial charge in [-0.25, -0.2) is 13.2 Å². The summed E-state index contributed by atoms with van der Waals surface area (Å²) >= 11 is 0. The van der Waals surface area contributed by atoms with E-state index in [1.54, 1.807) is 6.07 Å². The van der Waals surface area contributed by atoms with E-state index in [1.807, 2.05) is 0 Å². The highest BCUT2D eigenvalue weighted by Crippen LogP contribution is 2.22. The minimum absolute atomic E-state index is 0.154. The number of carbonyl (C=O) groups is 1. The third kappa shape index (κ3) is 2.86. The maximum atomic E-state index is 12.2. The van der Waals surface area contributed by atoms with Gasteiger partial charge in [-0.2, -0.15) is 0 Å². The van der Waals surface area contributed by atoms with Crippen molar-refractivity contribution in [2.45, 2.75) is 4.90 Å². The molecule has 0 amide bonds. The van der Waals surface area contributed by atoms with Crippen LogP contribution in [-0.4, -0.2) is 24.5 Å². The van der Waals surface area contributed by atoms with Crippen LogP contribution in [-0.2, 0) is 10.0 Å². The number of benzene rings is 1. The van der Waals surface area contributed by atoms with Crippen LogP contribution in [0.1, 0.15) is 10.4 Å². The second-order valence-electron chi connectivity index (χ2n) is 3.91. The van der Waals surface area contributed by atoms with Crippen LogP contribution in [0.15, 0.2) is 47.6 Å². The molecule has 1 heterocycles. The largest absolute Gasteiger partial charge is 0.478 e. The molecule has 0 saturated heterocycles. The van der Waals surface area contributed by atoms with Crippen molar-refractivity contribution < 1.29 is 18.3 Å². The van der Waals surface area contributed by atoms with Crippen molar-refractivity contribution in [3.05, 3.63) is 48.3 Å². The molecule has 0 aliphatic carbocycles. The molecule has 8 heteroatoms. The van der Waals surface area contributed by atoms with Crippen molar-refractivity contribution in [1.82, 2.24) is 4.98 Å². The van der Waals surface area contributed by atoms with Crippen LogP contribution in [0.2, 0.25) is 0 Å². The molecular formula is C12H11N3O4S. The number of aromatic carboxylic acids is 1. The van der Waals surface area contributed by atoms with E-state index in [0.29, 0.717) is 0 Å². The van der Waals surface area contributed by atoms with Gasteiger partial charge < -0.3 is 10.8 Å². The molecule has 4 N–H and O–H groups in total. The van der Waals surface area contributed by atoms with E-state index in [0.717, 1.165) is 12.1 Å². The summed E-state index contributed by atoms with van der Waals surface area (Å²) < 4.78 is 26.7. The number of aromatic nitrogens is 1. The molecule has 1 aromatic heterocycles. The molecule has 104 valence electrons. The Bertz CT molecular complexity index is 745. The lowest BCUT2D eigenvalue weighted by Gasteiger charge is -2.10. The van der Waals surface area contributed by atoms with Gasteiger partial charge in [0.05, 0.1) is 17.4 Å². The number of rotatable bonds is 4. The number of anilines is 2. The molecule has 0 atom stereocenters. The summed E-state index contributed by atoms with van der Waals surface area (Å²) in [6.45, 7) is 0. The summed E-state index contributed by atoms with van der Waals surface area (Å²) in [6, 6.07) is 6.62. The van der Waals surface area contributed by atoms with Crippen LogP contribution in [0.4, 0.5) is 11.4 Å². The summed E-state index contributed by atoms with van der Waals surface area (Å²) in [5, 5.41) is 9.04. The topological polar surface area (TPSA) is 122 Å². The number of hydrogen-bond donors (Lipinski definition) is 3. The van der Waals surface area contributed by atoms with Crippen LogP contribution in [0.25, 0.3) is 0 Å². The minimum atomic E-state index is -4.06. The Labute approximate surface area is 115 Å². The predicted octanol–water partition coefficient (Wildman–Crippen LogP) is 1.16. The van der Waals surface area contributed by atoms with Crippen molar-refractivity contribution in [3.8, 4) is 0 Å². The Balaban J connectivity index is 2.49. The highest BCUT2D eigenvalue weighted by Gasteiger charge is 2.22. The Morgan fingerprint density at radius 2 is 2.05 bits per heavy atom. The van der Waals surface area contributed by atoms with Gasteiger partial charge in [0.1, 0.15) is 4.90 Å². The second-order valence-corrected chi connectivity index (χ2v) is 5.56. The SMILES string of the molecule is Nc1ccc(C(=O)O)c(S(=O)(=O)Nc2cccnc2)c1. The summed E-state index contributed by atoms with van der Waals surface area (Å²) in [7, 11) is -4.06. The van der Waals surface area contributed by atoms with Crippen molar-refractivity contribution in [2.75, 3.05) is 10.5 Å². The molecule has 2 aromatic rings. The van der Waals surface area contributed by atoms with Crippen LogP contribution >= 0.6 is 0 Å². The number of nitrogens with one attached hydrogen (secondary N) is 1. The van der Waals surface area contributed by atoms with Gasteiger partial charge in [-0.3, -0.25) is 9.71 Å². The maximum Gasteiger partial charge on any atom is 0.337 e. The summed E-state index contributed by atoms with van der Waals surface area (Å²) in [6.07, 6.45) is 2.80. The summed E-state index contributed by atoms with van der Waals surface area (Å²) in [5.41, 5.74) is 5.55. The monoisotopic (exact) mass is 293 g/mol. The molecule has 20 heavy (non-hydrogen) atoms. The van der Waals surface area contributed by atoms with Gasteiger partial charge in [0, 0.05) is 11.9 Å². The number of nitrogens with zero attached hydrogens (tertiary/aromatic N) is 1. The maximum absolute atomic E-state index is 12.2. The first kappa shape index (κ1) is 13.8. The first-order chi connectivity index (χ1) is 9.40. The lowest BCUT2D eigenvalue weighted by molar-refractivity contribution is 0.0692. The van der Waals surface area contributed by atoms with Crippen molar-refractivity contribution >= 4 is 27.4 Å². The average molecular weight is 293 g/mol. The normalized spacial score (nSPS) is 11.0. The van der Waals surface area contributed by atoms with Crippen molar-refractivity contribution in [1.29, 1.82) is 0 Å². The number of pyridine rings is 1. The standard InChI is InChI=1S/C12H11N3O4S/c13-8-3-4-10(12(16)17)11(6-8)20(18,19)15-9-2-1-5-14-7-9/h1-7,15H,13H2,(H,16,17). The van der Waals surface area contributed by atoms with Gasteiger partial charge in [0.15, 0.2) is 0 Å². The van der Waals surface area contributed by atoms with E-state index in [4.69, 9.17) is 10.8 Å². The van der Waals surface area contributed by atoms with E-state index in [9.17, 15) is 13.2 Å². The molecule has 1 aromatic carbocycles. The lowest BCUT2D eigenvalue weighted by Crippen LogP contribution is -2.17. The fourth-order valence-corrected chi connectivity index (χ4v) is 2.85. The molecule has 0 unspecified atom stereocenters. The van der Waals surface area contributed by atoms with Crippen molar-refractivity contribution in [2.24, 2.45) is 0 Å². The van der Waals surface area contributed by atoms with E-state index >= 15 is 0 Å². The molecule has 0 aliphatic rings. The zero-order valence-electron chi connectivity index (χ0n) is 10.1. The molecular weight excluding hydrogens is 282 g/mol. The molecule has 0 aliphatic heterocycles. The van der Waals surface area contributed by atoms with E-state index in [2.05, 4.69) is 9.71 Å². The number of sulfonamides is 1. The van der Waals surface area contributed by atoms with Crippen LogP contribution in [0, 0.1) is 0 Å². The van der Waals surface area contributed by atoms with Gasteiger partial charge in [-0.05, 0) is 30.3 Å². The van der Waals surface area contributed by atoms with Gasteiger partial charge in [-0.15, -0.1) is 0 Å². The second kappa shape index (κ2) is 5.17. The first-order valence-electron chi connectivity index (χ1n) is 5.46. The number of nitrogens with two attached hydrogens (primary N) is 1. The van der Waals surface area contributed by atoms with Gasteiger partial charge in [0.2, 0.25) is 0 Å².